The molecule has 2 rings (SSSR count). The minimum Gasteiger partial charge on any atom is -0.382 e. The standard InChI is InChI=1S/C8H9N5/c1-5-7(12-13-8(5)9)6-2-10-4-11-3-6/h2-4H,1H3,(H3,9,12,13). The first-order valence-electron chi connectivity index (χ1n) is 3.85. The molecule has 2 aromatic heterocycles. The second-order valence-electron chi connectivity index (χ2n) is 2.74. The molecular formula is C8H9N5. The minimum atomic E-state index is 0.513. The van der Waals surface area contributed by atoms with E-state index in [1.807, 2.05) is 6.92 Å². The summed E-state index contributed by atoms with van der Waals surface area (Å²) in [7, 11) is 0. The Hall–Kier alpha value is -1.91. The van der Waals surface area contributed by atoms with Gasteiger partial charge in [-0.15, -0.1) is 0 Å². The molecule has 0 fully saturated rings. The van der Waals surface area contributed by atoms with E-state index in [1.54, 1.807) is 12.4 Å². The number of hydrogen-bond donors (Lipinski definition) is 2. The molecule has 13 heavy (non-hydrogen) atoms. The molecule has 0 saturated heterocycles. The maximum atomic E-state index is 5.59. The Labute approximate surface area is 75.0 Å². The van der Waals surface area contributed by atoms with Crippen LogP contribution in [0.15, 0.2) is 18.7 Å². The van der Waals surface area contributed by atoms with E-state index in [1.165, 1.54) is 6.33 Å². The van der Waals surface area contributed by atoms with E-state index in [2.05, 4.69) is 20.2 Å². The Morgan fingerprint density at radius 3 is 2.54 bits per heavy atom. The molecule has 0 radical (unpaired) electrons. The van der Waals surface area contributed by atoms with Gasteiger partial charge in [-0.25, -0.2) is 9.97 Å². The van der Waals surface area contributed by atoms with E-state index in [0.29, 0.717) is 5.82 Å². The van der Waals surface area contributed by atoms with Crippen LogP contribution in [0.1, 0.15) is 5.56 Å². The van der Waals surface area contributed by atoms with Crippen LogP contribution in [0, 0.1) is 6.92 Å². The molecule has 0 aliphatic heterocycles. The van der Waals surface area contributed by atoms with Gasteiger partial charge in [-0.3, -0.25) is 5.10 Å². The zero-order chi connectivity index (χ0) is 9.26. The number of nitrogens with zero attached hydrogens (tertiary/aromatic N) is 3. The molecule has 0 spiro atoms. The van der Waals surface area contributed by atoms with Crippen molar-refractivity contribution >= 4 is 5.82 Å². The molecule has 0 unspecified atom stereocenters. The van der Waals surface area contributed by atoms with Gasteiger partial charge in [0, 0.05) is 23.5 Å². The van der Waals surface area contributed by atoms with Crippen LogP contribution in [0.5, 0.6) is 0 Å². The fraction of sp³-hybridized carbons (Fsp3) is 0.125. The first kappa shape index (κ1) is 7.72. The van der Waals surface area contributed by atoms with Crippen LogP contribution in [0.3, 0.4) is 0 Å². The number of aromatic nitrogens is 4. The molecule has 0 aromatic carbocycles. The molecule has 2 heterocycles. The molecule has 3 N–H and O–H groups in total. The number of nitrogens with one attached hydrogen (secondary N) is 1. The van der Waals surface area contributed by atoms with Crippen LogP contribution in [0.4, 0.5) is 5.82 Å². The van der Waals surface area contributed by atoms with Crippen molar-refractivity contribution in [2.24, 2.45) is 0 Å². The molecule has 66 valence electrons. The van der Waals surface area contributed by atoms with Gasteiger partial charge in [-0.05, 0) is 6.92 Å². The second-order valence-corrected chi connectivity index (χ2v) is 2.74. The average Bonchev–Trinajstić information content (AvgIpc) is 2.49. The van der Waals surface area contributed by atoms with Crippen LogP contribution < -0.4 is 5.73 Å². The van der Waals surface area contributed by atoms with E-state index in [9.17, 15) is 0 Å². The van der Waals surface area contributed by atoms with Gasteiger partial charge in [0.2, 0.25) is 0 Å². The molecule has 0 bridgehead atoms. The summed E-state index contributed by atoms with van der Waals surface area (Å²) >= 11 is 0. The quantitative estimate of drug-likeness (QED) is 0.670. The predicted molar refractivity (Wildman–Crippen MR) is 48.8 cm³/mol. The first-order valence-corrected chi connectivity index (χ1v) is 3.85. The monoisotopic (exact) mass is 175 g/mol. The van der Waals surface area contributed by atoms with Crippen molar-refractivity contribution in [2.45, 2.75) is 6.92 Å². The maximum absolute atomic E-state index is 5.59. The van der Waals surface area contributed by atoms with Crippen molar-refractivity contribution in [1.29, 1.82) is 0 Å². The molecule has 0 atom stereocenters. The van der Waals surface area contributed by atoms with Gasteiger partial charge >= 0.3 is 0 Å². The minimum absolute atomic E-state index is 0.513. The number of aromatic amines is 1. The Morgan fingerprint density at radius 1 is 1.31 bits per heavy atom. The van der Waals surface area contributed by atoms with E-state index < -0.39 is 0 Å². The second kappa shape index (κ2) is 2.85. The Balaban J connectivity index is 2.53. The van der Waals surface area contributed by atoms with Crippen molar-refractivity contribution in [1.82, 2.24) is 20.2 Å². The van der Waals surface area contributed by atoms with Crippen molar-refractivity contribution in [3.8, 4) is 11.3 Å². The number of nitrogens with two attached hydrogens (primary N) is 1. The lowest BCUT2D eigenvalue weighted by molar-refractivity contribution is 1.09. The number of rotatable bonds is 1. The molecule has 0 aliphatic carbocycles. The van der Waals surface area contributed by atoms with Crippen LogP contribution >= 0.6 is 0 Å². The number of anilines is 1. The lowest BCUT2D eigenvalue weighted by atomic mass is 10.1. The van der Waals surface area contributed by atoms with Crippen molar-refractivity contribution in [3.05, 3.63) is 24.3 Å². The molecule has 2 aromatic rings. The molecular weight excluding hydrogens is 166 g/mol. The van der Waals surface area contributed by atoms with Crippen LogP contribution in [-0.2, 0) is 0 Å². The molecule has 5 heteroatoms. The van der Waals surface area contributed by atoms with E-state index >= 15 is 0 Å². The number of nitrogen functional groups attached to an aromatic ring is 1. The number of hydrogen-bond acceptors (Lipinski definition) is 4. The predicted octanol–water partition coefficient (Wildman–Crippen LogP) is 0.757. The van der Waals surface area contributed by atoms with Crippen molar-refractivity contribution in [3.63, 3.8) is 0 Å². The first-order chi connectivity index (χ1) is 6.29. The van der Waals surface area contributed by atoms with Crippen molar-refractivity contribution in [2.75, 3.05) is 5.73 Å². The summed E-state index contributed by atoms with van der Waals surface area (Å²) in [6.45, 7) is 1.90. The maximum Gasteiger partial charge on any atom is 0.148 e. The van der Waals surface area contributed by atoms with Crippen LogP contribution in [-0.4, -0.2) is 20.2 Å². The summed E-state index contributed by atoms with van der Waals surface area (Å²) in [6.07, 6.45) is 4.92. The third kappa shape index (κ3) is 1.24. The highest BCUT2D eigenvalue weighted by atomic mass is 15.2. The van der Waals surface area contributed by atoms with Crippen LogP contribution in [0.25, 0.3) is 11.3 Å². The fourth-order valence-electron chi connectivity index (χ4n) is 1.12. The summed E-state index contributed by atoms with van der Waals surface area (Å²) in [6, 6.07) is 0. The van der Waals surface area contributed by atoms with Gasteiger partial charge < -0.3 is 5.73 Å². The van der Waals surface area contributed by atoms with Gasteiger partial charge in [0.15, 0.2) is 0 Å². The lowest BCUT2D eigenvalue weighted by Gasteiger charge is -1.96. The summed E-state index contributed by atoms with van der Waals surface area (Å²) in [5, 5.41) is 6.72. The van der Waals surface area contributed by atoms with Gasteiger partial charge in [0.25, 0.3) is 0 Å². The van der Waals surface area contributed by atoms with Gasteiger partial charge in [0.05, 0.1) is 5.69 Å². The highest BCUT2D eigenvalue weighted by Gasteiger charge is 2.07. The fourth-order valence-corrected chi connectivity index (χ4v) is 1.12. The normalized spacial score (nSPS) is 10.2. The highest BCUT2D eigenvalue weighted by molar-refractivity contribution is 5.65. The largest absolute Gasteiger partial charge is 0.382 e. The smallest absolute Gasteiger partial charge is 0.148 e. The Morgan fingerprint density at radius 2 is 2.00 bits per heavy atom. The zero-order valence-corrected chi connectivity index (χ0v) is 7.15. The molecule has 0 saturated carbocycles. The average molecular weight is 175 g/mol. The van der Waals surface area contributed by atoms with E-state index in [0.717, 1.165) is 16.8 Å². The van der Waals surface area contributed by atoms with E-state index in [-0.39, 0.29) is 0 Å². The molecule has 0 aliphatic rings. The van der Waals surface area contributed by atoms with Gasteiger partial charge in [-0.1, -0.05) is 0 Å². The zero-order valence-electron chi connectivity index (χ0n) is 7.15. The molecule has 5 nitrogen and oxygen atoms in total. The summed E-state index contributed by atoms with van der Waals surface area (Å²) < 4.78 is 0. The third-order valence-electron chi connectivity index (χ3n) is 1.90. The Kier molecular flexibility index (Phi) is 1.70. The topological polar surface area (TPSA) is 80.5 Å². The lowest BCUT2D eigenvalue weighted by Crippen LogP contribution is -1.87. The number of H-pyrrole nitrogens is 1. The SMILES string of the molecule is Cc1c(N)n[nH]c1-c1cncnc1. The van der Waals surface area contributed by atoms with Crippen LogP contribution in [0.2, 0.25) is 0 Å². The van der Waals surface area contributed by atoms with Gasteiger partial charge in [0.1, 0.15) is 12.1 Å². The Bertz CT molecular complexity index is 406. The molecule has 0 amide bonds. The van der Waals surface area contributed by atoms with E-state index in [4.69, 9.17) is 5.73 Å². The third-order valence-corrected chi connectivity index (χ3v) is 1.90. The summed E-state index contributed by atoms with van der Waals surface area (Å²) in [5.74, 6) is 0.513. The summed E-state index contributed by atoms with van der Waals surface area (Å²) in [5.41, 5.74) is 8.29. The summed E-state index contributed by atoms with van der Waals surface area (Å²) in [4.78, 5) is 7.82. The van der Waals surface area contributed by atoms with Gasteiger partial charge in [-0.2, -0.15) is 5.10 Å². The van der Waals surface area contributed by atoms with Crippen molar-refractivity contribution < 1.29 is 0 Å². The highest BCUT2D eigenvalue weighted by Crippen LogP contribution is 2.22.